The Kier molecular flexibility index (Phi) is 21.9. The van der Waals surface area contributed by atoms with Crippen LogP contribution in [0.4, 0.5) is 0 Å². The minimum Gasteiger partial charge on any atom is -0.457 e. The van der Waals surface area contributed by atoms with Crippen LogP contribution in [0.5, 0.6) is 0 Å². The monoisotopic (exact) mass is 540 g/mol. The van der Waals surface area contributed by atoms with Gasteiger partial charge in [-0.3, -0.25) is 9.32 Å². The molecule has 0 saturated heterocycles. The molecule has 210 valence electrons. The fourth-order valence-corrected chi connectivity index (χ4v) is 6.29. The molecule has 0 spiro atoms. The van der Waals surface area contributed by atoms with Gasteiger partial charge in [-0.25, -0.2) is 4.57 Å². The fraction of sp³-hybridized carbons (Fsp3) is 0.962. The van der Waals surface area contributed by atoms with Crippen molar-refractivity contribution in [2.75, 3.05) is 46.7 Å². The highest BCUT2D eigenvalue weighted by Crippen LogP contribution is 2.55. The predicted molar refractivity (Wildman–Crippen MR) is 148 cm³/mol. The van der Waals surface area contributed by atoms with Crippen molar-refractivity contribution in [3.63, 3.8) is 0 Å². The van der Waals surface area contributed by atoms with E-state index >= 15 is 0 Å². The molecule has 0 saturated carbocycles. The van der Waals surface area contributed by atoms with E-state index in [0.717, 1.165) is 37.2 Å². The summed E-state index contributed by atoms with van der Waals surface area (Å²) in [7, 11) is 6.01. The minimum absolute atomic E-state index is 0.285. The molecule has 0 aromatic rings. The number of quaternary nitrogens is 1. The SMILES string of the molecule is CCCCCCCCCCCCCCCCCC(=O)O[C@H](CO)COP(=O)(O)SCC[N+](C)(C)C. The van der Waals surface area contributed by atoms with Crippen LogP contribution in [-0.2, 0) is 18.6 Å². The topological polar surface area (TPSA) is 93.1 Å². The van der Waals surface area contributed by atoms with E-state index in [2.05, 4.69) is 6.92 Å². The Morgan fingerprint density at radius 2 is 1.31 bits per heavy atom. The Morgan fingerprint density at radius 1 is 0.857 bits per heavy atom. The van der Waals surface area contributed by atoms with Gasteiger partial charge < -0.3 is 19.2 Å². The van der Waals surface area contributed by atoms with Crippen LogP contribution in [0.1, 0.15) is 110 Å². The maximum Gasteiger partial charge on any atom is 0.386 e. The summed E-state index contributed by atoms with van der Waals surface area (Å²) in [6.45, 7) is -1.58. The van der Waals surface area contributed by atoms with Crippen LogP contribution in [0.3, 0.4) is 0 Å². The first-order chi connectivity index (χ1) is 16.6. The zero-order valence-electron chi connectivity index (χ0n) is 23.0. The average molecular weight is 541 g/mol. The van der Waals surface area contributed by atoms with Crippen molar-refractivity contribution in [2.24, 2.45) is 0 Å². The molecule has 0 amide bonds. The number of aliphatic hydroxyl groups is 1. The summed E-state index contributed by atoms with van der Waals surface area (Å²) >= 11 is 0.861. The van der Waals surface area contributed by atoms with Crippen molar-refractivity contribution in [1.82, 2.24) is 0 Å². The third-order valence-corrected chi connectivity index (χ3v) is 8.94. The lowest BCUT2D eigenvalue weighted by Crippen LogP contribution is -2.36. The first-order valence-corrected chi connectivity index (χ1v) is 17.0. The highest BCUT2D eigenvalue weighted by atomic mass is 32.7. The number of unbranched alkanes of at least 4 members (excludes halogenated alkanes) is 14. The van der Waals surface area contributed by atoms with E-state index in [0.29, 0.717) is 16.7 Å². The molecule has 1 unspecified atom stereocenters. The molecule has 0 bridgehead atoms. The standard InChI is InChI=1S/C26H54NO6PS/c1-5-6-7-8-9-10-11-12-13-14-15-16-17-18-19-20-26(29)33-25(23-28)24-32-34(30,31)35-22-21-27(2,3)4/h25,28H,5-24H2,1-4H3/p+1/t25-/m1/s1. The molecule has 0 radical (unpaired) electrons. The van der Waals surface area contributed by atoms with E-state index in [-0.39, 0.29) is 6.61 Å². The lowest BCUT2D eigenvalue weighted by Gasteiger charge is -2.24. The Hall–Kier alpha value is -0.110. The molecule has 0 aliphatic carbocycles. The number of nitrogens with zero attached hydrogens (tertiary/aromatic N) is 1. The van der Waals surface area contributed by atoms with Crippen molar-refractivity contribution in [3.05, 3.63) is 0 Å². The lowest BCUT2D eigenvalue weighted by atomic mass is 10.0. The van der Waals surface area contributed by atoms with Crippen molar-refractivity contribution in [2.45, 2.75) is 116 Å². The minimum atomic E-state index is -3.84. The molecule has 35 heavy (non-hydrogen) atoms. The van der Waals surface area contributed by atoms with E-state index in [9.17, 15) is 19.4 Å². The fourth-order valence-electron chi connectivity index (χ4n) is 3.65. The Labute approximate surface area is 219 Å². The van der Waals surface area contributed by atoms with Gasteiger partial charge in [0.1, 0.15) is 6.10 Å². The highest BCUT2D eigenvalue weighted by Gasteiger charge is 2.25. The Bertz CT molecular complexity index is 558. The quantitative estimate of drug-likeness (QED) is 0.0575. The van der Waals surface area contributed by atoms with Gasteiger partial charge in [0, 0.05) is 6.42 Å². The van der Waals surface area contributed by atoms with E-state index in [4.69, 9.17) is 9.26 Å². The average Bonchev–Trinajstić information content (AvgIpc) is 2.78. The predicted octanol–water partition coefficient (Wildman–Crippen LogP) is 6.71. The molecule has 2 atom stereocenters. The largest absolute Gasteiger partial charge is 0.457 e. The van der Waals surface area contributed by atoms with Crippen LogP contribution in [0.25, 0.3) is 0 Å². The van der Waals surface area contributed by atoms with E-state index < -0.39 is 25.5 Å². The summed E-state index contributed by atoms with van der Waals surface area (Å²) in [6.07, 6.45) is 18.4. The molecule has 0 aliphatic rings. The second-order valence-electron chi connectivity index (χ2n) is 10.6. The number of esters is 1. The number of aliphatic hydroxyl groups excluding tert-OH is 1. The molecular weight excluding hydrogens is 485 g/mol. The molecule has 0 aromatic heterocycles. The summed E-state index contributed by atoms with van der Waals surface area (Å²) < 4.78 is 23.1. The van der Waals surface area contributed by atoms with Gasteiger partial charge in [0.25, 0.3) is 0 Å². The first-order valence-electron chi connectivity index (χ1n) is 13.8. The van der Waals surface area contributed by atoms with E-state index in [1.54, 1.807) is 0 Å². The third-order valence-electron chi connectivity index (χ3n) is 5.93. The number of ether oxygens (including phenoxy) is 1. The molecule has 0 rings (SSSR count). The zero-order valence-corrected chi connectivity index (χ0v) is 24.8. The Balaban J connectivity index is 3.68. The van der Waals surface area contributed by atoms with Crippen LogP contribution in [0.2, 0.25) is 0 Å². The molecule has 0 fully saturated rings. The number of carbonyl (C=O) groups excluding carboxylic acids is 1. The number of carbonyl (C=O) groups is 1. The van der Waals surface area contributed by atoms with Crippen LogP contribution in [0, 0.1) is 0 Å². The van der Waals surface area contributed by atoms with Gasteiger partial charge in [0.2, 0.25) is 0 Å². The van der Waals surface area contributed by atoms with Crippen LogP contribution >= 0.6 is 18.2 Å². The van der Waals surface area contributed by atoms with Gasteiger partial charge in [0.05, 0.1) is 46.7 Å². The molecule has 0 aromatic carbocycles. The smallest absolute Gasteiger partial charge is 0.386 e. The summed E-state index contributed by atoms with van der Waals surface area (Å²) in [6, 6.07) is 0. The molecule has 0 heterocycles. The normalized spacial score (nSPS) is 14.6. The lowest BCUT2D eigenvalue weighted by molar-refractivity contribution is -0.867. The first kappa shape index (κ1) is 34.9. The third kappa shape index (κ3) is 25.3. The summed E-state index contributed by atoms with van der Waals surface area (Å²) in [5, 5.41) is 9.42. The van der Waals surface area contributed by atoms with E-state index in [1.807, 2.05) is 21.1 Å². The van der Waals surface area contributed by atoms with Gasteiger partial charge in [-0.1, -0.05) is 96.8 Å². The highest BCUT2D eigenvalue weighted by molar-refractivity contribution is 8.54. The van der Waals surface area contributed by atoms with Crippen LogP contribution < -0.4 is 0 Å². The van der Waals surface area contributed by atoms with E-state index in [1.165, 1.54) is 77.0 Å². The molecule has 7 nitrogen and oxygen atoms in total. The van der Waals surface area contributed by atoms with Crippen molar-refractivity contribution >= 4 is 24.1 Å². The molecular formula is C26H55NO6PS+. The maximum atomic E-state index is 12.1. The number of hydrogen-bond donors (Lipinski definition) is 2. The van der Waals surface area contributed by atoms with Crippen LogP contribution in [-0.4, -0.2) is 73.2 Å². The van der Waals surface area contributed by atoms with Gasteiger partial charge in [-0.05, 0) is 17.8 Å². The van der Waals surface area contributed by atoms with Crippen LogP contribution in [0.15, 0.2) is 0 Å². The zero-order chi connectivity index (χ0) is 26.4. The van der Waals surface area contributed by atoms with Crippen molar-refractivity contribution < 1.29 is 33.1 Å². The van der Waals surface area contributed by atoms with Crippen molar-refractivity contribution in [3.8, 4) is 0 Å². The van der Waals surface area contributed by atoms with Crippen molar-refractivity contribution in [1.29, 1.82) is 0 Å². The van der Waals surface area contributed by atoms with Gasteiger partial charge in [-0.15, -0.1) is 0 Å². The Morgan fingerprint density at radius 3 is 1.74 bits per heavy atom. The van der Waals surface area contributed by atoms with Gasteiger partial charge >= 0.3 is 12.8 Å². The number of hydrogen-bond acceptors (Lipinski definition) is 6. The second kappa shape index (κ2) is 21.9. The summed E-state index contributed by atoms with van der Waals surface area (Å²) in [4.78, 5) is 21.9. The summed E-state index contributed by atoms with van der Waals surface area (Å²) in [5.74, 6) is 0.0767. The van der Waals surface area contributed by atoms with Gasteiger partial charge in [-0.2, -0.15) is 0 Å². The molecule has 2 N–H and O–H groups in total. The molecule has 0 aliphatic heterocycles. The number of rotatable bonds is 25. The summed E-state index contributed by atoms with van der Waals surface area (Å²) in [5.41, 5.74) is 0. The second-order valence-corrected chi connectivity index (χ2v) is 14.6. The molecule has 9 heteroatoms. The van der Waals surface area contributed by atoms with Gasteiger partial charge in [0.15, 0.2) is 0 Å². The maximum absolute atomic E-state index is 12.1.